The molecule has 0 aliphatic rings. The van der Waals surface area contributed by atoms with Gasteiger partial charge in [-0.05, 0) is 12.8 Å². The highest BCUT2D eigenvalue weighted by molar-refractivity contribution is 4.44. The molecule has 0 heterocycles. The fourth-order valence-electron chi connectivity index (χ4n) is 0.589. The second kappa shape index (κ2) is 5.04. The van der Waals surface area contributed by atoms with Gasteiger partial charge in [0, 0.05) is 0 Å². The van der Waals surface area contributed by atoms with Gasteiger partial charge in [0.25, 0.3) is 0 Å². The van der Waals surface area contributed by atoms with Crippen LogP contribution < -0.4 is 5.73 Å². The normalized spacial score (nSPS) is 13.9. The van der Waals surface area contributed by atoms with Crippen LogP contribution in [0.25, 0.3) is 0 Å². The fourth-order valence-corrected chi connectivity index (χ4v) is 0.589. The van der Waals surface area contributed by atoms with Crippen LogP contribution in [0.5, 0.6) is 0 Å². The standard InChI is InChI=1S/C6H14FN/c1-2-3-4-5-6(7)8/h6H,2-5,8H2,1H3/t6-/m1/s1. The third-order valence-corrected chi connectivity index (χ3v) is 1.08. The monoisotopic (exact) mass is 119 g/mol. The molecule has 2 N–H and O–H groups in total. The molecule has 0 fully saturated rings. The van der Waals surface area contributed by atoms with Crippen molar-refractivity contribution in [2.45, 2.75) is 38.9 Å². The smallest absolute Gasteiger partial charge is 0.148 e. The zero-order valence-electron chi connectivity index (χ0n) is 5.36. The summed E-state index contributed by atoms with van der Waals surface area (Å²) in [6, 6.07) is 0. The first-order chi connectivity index (χ1) is 3.77. The van der Waals surface area contributed by atoms with Crippen molar-refractivity contribution < 1.29 is 4.39 Å². The third kappa shape index (κ3) is 5.89. The number of unbranched alkanes of at least 4 members (excludes halogenated alkanes) is 2. The van der Waals surface area contributed by atoms with Crippen molar-refractivity contribution in [3.05, 3.63) is 0 Å². The van der Waals surface area contributed by atoms with Crippen molar-refractivity contribution in [1.82, 2.24) is 0 Å². The lowest BCUT2D eigenvalue weighted by molar-refractivity contribution is 0.315. The Morgan fingerprint density at radius 2 is 2.12 bits per heavy atom. The van der Waals surface area contributed by atoms with Crippen molar-refractivity contribution in [3.63, 3.8) is 0 Å². The first kappa shape index (κ1) is 7.89. The number of hydrogen-bond acceptors (Lipinski definition) is 1. The van der Waals surface area contributed by atoms with Gasteiger partial charge in [-0.25, -0.2) is 4.39 Å². The maximum absolute atomic E-state index is 11.8. The zero-order chi connectivity index (χ0) is 6.41. The lowest BCUT2D eigenvalue weighted by atomic mass is 10.2. The van der Waals surface area contributed by atoms with Crippen LogP contribution in [0.2, 0.25) is 0 Å². The molecular weight excluding hydrogens is 105 g/mol. The minimum atomic E-state index is -1.10. The van der Waals surface area contributed by atoms with Crippen LogP contribution in [0, 0.1) is 0 Å². The average molecular weight is 119 g/mol. The first-order valence-corrected chi connectivity index (χ1v) is 3.17. The Kier molecular flexibility index (Phi) is 4.97. The molecule has 8 heavy (non-hydrogen) atoms. The largest absolute Gasteiger partial charge is 0.302 e. The van der Waals surface area contributed by atoms with Crippen LogP contribution in [-0.2, 0) is 0 Å². The van der Waals surface area contributed by atoms with E-state index >= 15 is 0 Å². The van der Waals surface area contributed by atoms with E-state index in [0.717, 1.165) is 19.3 Å². The highest BCUT2D eigenvalue weighted by atomic mass is 19.1. The quantitative estimate of drug-likeness (QED) is 0.443. The van der Waals surface area contributed by atoms with Gasteiger partial charge in [0.1, 0.15) is 6.30 Å². The van der Waals surface area contributed by atoms with Crippen LogP contribution in [0.4, 0.5) is 4.39 Å². The molecule has 1 nitrogen and oxygen atoms in total. The molecule has 0 amide bonds. The molecule has 50 valence electrons. The minimum absolute atomic E-state index is 0.522. The molecule has 0 aromatic rings. The van der Waals surface area contributed by atoms with Gasteiger partial charge in [0.15, 0.2) is 0 Å². The molecule has 0 radical (unpaired) electrons. The summed E-state index contributed by atoms with van der Waals surface area (Å²) in [5, 5.41) is 0. The van der Waals surface area contributed by atoms with E-state index < -0.39 is 6.30 Å². The molecule has 0 rings (SSSR count). The average Bonchev–Trinajstić information content (AvgIpc) is 1.66. The van der Waals surface area contributed by atoms with E-state index in [0.29, 0.717) is 6.42 Å². The zero-order valence-corrected chi connectivity index (χ0v) is 5.36. The van der Waals surface area contributed by atoms with Crippen molar-refractivity contribution in [2.24, 2.45) is 5.73 Å². The Balaban J connectivity index is 2.72. The summed E-state index contributed by atoms with van der Waals surface area (Å²) in [4.78, 5) is 0. The Morgan fingerprint density at radius 3 is 2.50 bits per heavy atom. The number of nitrogens with two attached hydrogens (primary N) is 1. The summed E-state index contributed by atoms with van der Waals surface area (Å²) in [7, 11) is 0. The second-order valence-electron chi connectivity index (χ2n) is 2.01. The lowest BCUT2D eigenvalue weighted by Crippen LogP contribution is -2.11. The van der Waals surface area contributed by atoms with Crippen LogP contribution in [0.3, 0.4) is 0 Å². The number of alkyl halides is 1. The summed E-state index contributed by atoms with van der Waals surface area (Å²) < 4.78 is 11.8. The summed E-state index contributed by atoms with van der Waals surface area (Å²) in [5.41, 5.74) is 4.87. The van der Waals surface area contributed by atoms with Crippen LogP contribution in [0.15, 0.2) is 0 Å². The molecular formula is C6H14FN. The van der Waals surface area contributed by atoms with Gasteiger partial charge in [-0.3, -0.25) is 0 Å². The minimum Gasteiger partial charge on any atom is -0.302 e. The van der Waals surface area contributed by atoms with Gasteiger partial charge in [-0.15, -0.1) is 0 Å². The Morgan fingerprint density at radius 1 is 1.50 bits per heavy atom. The first-order valence-electron chi connectivity index (χ1n) is 3.17. The van der Waals surface area contributed by atoms with Crippen molar-refractivity contribution in [3.8, 4) is 0 Å². The van der Waals surface area contributed by atoms with E-state index in [1.54, 1.807) is 0 Å². The molecule has 0 aliphatic heterocycles. The van der Waals surface area contributed by atoms with Gasteiger partial charge >= 0.3 is 0 Å². The highest BCUT2D eigenvalue weighted by Gasteiger charge is 1.94. The molecule has 0 aromatic heterocycles. The molecule has 0 aromatic carbocycles. The number of hydrogen-bond donors (Lipinski definition) is 1. The summed E-state index contributed by atoms with van der Waals surface area (Å²) >= 11 is 0. The van der Waals surface area contributed by atoms with E-state index in [1.807, 2.05) is 0 Å². The molecule has 1 atom stereocenters. The molecule has 2 heteroatoms. The van der Waals surface area contributed by atoms with Crippen molar-refractivity contribution >= 4 is 0 Å². The molecule has 0 aliphatic carbocycles. The molecule has 0 bridgehead atoms. The van der Waals surface area contributed by atoms with E-state index in [-0.39, 0.29) is 0 Å². The third-order valence-electron chi connectivity index (χ3n) is 1.08. The highest BCUT2D eigenvalue weighted by Crippen LogP contribution is 2.01. The van der Waals surface area contributed by atoms with Crippen LogP contribution in [-0.4, -0.2) is 6.30 Å². The topological polar surface area (TPSA) is 26.0 Å². The molecule has 0 saturated heterocycles. The molecule has 0 unspecified atom stereocenters. The molecule has 0 spiro atoms. The Bertz CT molecular complexity index is 45.8. The Labute approximate surface area is 50.1 Å². The predicted octanol–water partition coefficient (Wildman–Crippen LogP) is 1.82. The molecule has 0 saturated carbocycles. The van der Waals surface area contributed by atoms with E-state index in [1.165, 1.54) is 0 Å². The maximum atomic E-state index is 11.8. The van der Waals surface area contributed by atoms with Gasteiger partial charge in [-0.2, -0.15) is 0 Å². The summed E-state index contributed by atoms with van der Waals surface area (Å²) in [6.07, 6.45) is 2.58. The van der Waals surface area contributed by atoms with Crippen molar-refractivity contribution in [1.29, 1.82) is 0 Å². The fraction of sp³-hybridized carbons (Fsp3) is 1.00. The number of halogens is 1. The number of rotatable bonds is 4. The predicted molar refractivity (Wildman–Crippen MR) is 33.2 cm³/mol. The Hall–Kier alpha value is -0.110. The SMILES string of the molecule is CCCCC[C@@H](N)F. The lowest BCUT2D eigenvalue weighted by Gasteiger charge is -1.97. The van der Waals surface area contributed by atoms with Crippen LogP contribution >= 0.6 is 0 Å². The van der Waals surface area contributed by atoms with Gasteiger partial charge < -0.3 is 5.73 Å². The van der Waals surface area contributed by atoms with Crippen LogP contribution in [0.1, 0.15) is 32.6 Å². The maximum Gasteiger partial charge on any atom is 0.148 e. The van der Waals surface area contributed by atoms with Gasteiger partial charge in [0.05, 0.1) is 0 Å². The van der Waals surface area contributed by atoms with E-state index in [9.17, 15) is 4.39 Å². The van der Waals surface area contributed by atoms with Crippen molar-refractivity contribution in [2.75, 3.05) is 0 Å². The van der Waals surface area contributed by atoms with Gasteiger partial charge in [0.2, 0.25) is 0 Å². The summed E-state index contributed by atoms with van der Waals surface area (Å²) in [6.45, 7) is 2.09. The van der Waals surface area contributed by atoms with Gasteiger partial charge in [-0.1, -0.05) is 19.8 Å². The van der Waals surface area contributed by atoms with E-state index in [2.05, 4.69) is 6.92 Å². The summed E-state index contributed by atoms with van der Waals surface area (Å²) in [5.74, 6) is 0. The second-order valence-corrected chi connectivity index (χ2v) is 2.01. The van der Waals surface area contributed by atoms with E-state index in [4.69, 9.17) is 5.73 Å².